The molecule has 0 amide bonds. The predicted octanol–water partition coefficient (Wildman–Crippen LogP) is -1.94. The lowest BCUT2D eigenvalue weighted by Crippen LogP contribution is -2.62. The average Bonchev–Trinajstić information content (AvgIpc) is 2.28. The molecule has 0 atom stereocenters. The van der Waals surface area contributed by atoms with Gasteiger partial charge in [-0.1, -0.05) is 0 Å². The summed E-state index contributed by atoms with van der Waals surface area (Å²) < 4.78 is 32.8. The van der Waals surface area contributed by atoms with Crippen molar-refractivity contribution in [2.75, 3.05) is 59.5 Å². The minimum atomic E-state index is -3.33. The third-order valence-corrected chi connectivity index (χ3v) is 5.09. The molecule has 7 nitrogen and oxygen atoms in total. The van der Waals surface area contributed by atoms with E-state index in [0.29, 0.717) is 32.3 Å². The van der Waals surface area contributed by atoms with Crippen molar-refractivity contribution in [3.63, 3.8) is 0 Å². The van der Waals surface area contributed by atoms with E-state index in [1.807, 2.05) is 0 Å². The molecule has 0 unspecified atom stereocenters. The van der Waals surface area contributed by atoms with E-state index in [2.05, 4.69) is 14.9 Å². The molecule has 2 rings (SSSR count). The molecule has 106 valence electrons. The predicted molar refractivity (Wildman–Crippen MR) is 68.6 cm³/mol. The van der Waals surface area contributed by atoms with Crippen LogP contribution in [0.25, 0.3) is 0 Å². The van der Waals surface area contributed by atoms with E-state index in [1.165, 1.54) is 4.31 Å². The molecule has 2 N–H and O–H groups in total. The highest BCUT2D eigenvalue weighted by molar-refractivity contribution is 7.87. The van der Waals surface area contributed by atoms with Crippen molar-refractivity contribution in [3.8, 4) is 0 Å². The Hall–Kier alpha value is -0.250. The molecule has 0 radical (unpaired) electrons. The summed E-state index contributed by atoms with van der Waals surface area (Å²) in [5.74, 6) is 0. The molecule has 0 aromatic heterocycles. The van der Waals surface area contributed by atoms with Crippen LogP contribution in [-0.4, -0.2) is 83.2 Å². The first-order valence-electron chi connectivity index (χ1n) is 6.32. The van der Waals surface area contributed by atoms with Crippen molar-refractivity contribution in [1.82, 2.24) is 19.2 Å². The van der Waals surface area contributed by atoms with Crippen LogP contribution in [0.5, 0.6) is 0 Å². The van der Waals surface area contributed by atoms with Crippen LogP contribution in [0.1, 0.15) is 0 Å². The van der Waals surface area contributed by atoms with Gasteiger partial charge in [0, 0.05) is 59.0 Å². The van der Waals surface area contributed by atoms with E-state index >= 15 is 0 Å². The Kier molecular flexibility index (Phi) is 4.93. The van der Waals surface area contributed by atoms with Gasteiger partial charge in [-0.25, -0.2) is 0 Å². The van der Waals surface area contributed by atoms with E-state index in [1.54, 1.807) is 7.11 Å². The molecular formula is C10H22N4O3S. The van der Waals surface area contributed by atoms with Crippen LogP contribution in [-0.2, 0) is 14.9 Å². The molecule has 0 saturated carbocycles. The molecule has 0 aliphatic carbocycles. The Bertz CT molecular complexity index is 350. The standard InChI is InChI=1S/C10H22N4O3S/c1-17-7-2-12-18(15,16)14-5-3-13(4-6-14)10-8-11-9-10/h10-12H,2-9H2,1H3. The summed E-state index contributed by atoms with van der Waals surface area (Å²) in [5, 5.41) is 3.23. The molecule has 0 aromatic carbocycles. The maximum Gasteiger partial charge on any atom is 0.279 e. The second kappa shape index (κ2) is 6.27. The van der Waals surface area contributed by atoms with Crippen LogP contribution in [0.2, 0.25) is 0 Å². The fraction of sp³-hybridized carbons (Fsp3) is 1.00. The van der Waals surface area contributed by atoms with Crippen molar-refractivity contribution >= 4 is 10.2 Å². The van der Waals surface area contributed by atoms with Crippen LogP contribution in [0.15, 0.2) is 0 Å². The van der Waals surface area contributed by atoms with Crippen LogP contribution in [0.4, 0.5) is 0 Å². The molecule has 2 fully saturated rings. The van der Waals surface area contributed by atoms with Gasteiger partial charge in [0.1, 0.15) is 0 Å². The van der Waals surface area contributed by atoms with E-state index in [-0.39, 0.29) is 0 Å². The van der Waals surface area contributed by atoms with Crippen molar-refractivity contribution in [2.45, 2.75) is 6.04 Å². The topological polar surface area (TPSA) is 73.9 Å². The van der Waals surface area contributed by atoms with Gasteiger partial charge >= 0.3 is 0 Å². The largest absolute Gasteiger partial charge is 0.383 e. The second-order valence-electron chi connectivity index (χ2n) is 4.64. The maximum absolute atomic E-state index is 11.9. The molecule has 8 heteroatoms. The second-order valence-corrected chi connectivity index (χ2v) is 6.39. The van der Waals surface area contributed by atoms with Gasteiger partial charge in [-0.15, -0.1) is 0 Å². The Morgan fingerprint density at radius 1 is 1.28 bits per heavy atom. The number of nitrogens with zero attached hydrogens (tertiary/aromatic N) is 2. The molecule has 2 aliphatic heterocycles. The van der Waals surface area contributed by atoms with E-state index < -0.39 is 10.2 Å². The molecule has 2 saturated heterocycles. The van der Waals surface area contributed by atoms with Crippen LogP contribution in [0, 0.1) is 0 Å². The van der Waals surface area contributed by atoms with Gasteiger partial charge in [-0.05, 0) is 0 Å². The van der Waals surface area contributed by atoms with E-state index in [9.17, 15) is 8.42 Å². The van der Waals surface area contributed by atoms with E-state index in [0.717, 1.165) is 26.2 Å². The maximum atomic E-state index is 11.9. The molecule has 2 heterocycles. The number of rotatable bonds is 6. The normalized spacial score (nSPS) is 24.1. The Morgan fingerprint density at radius 2 is 1.94 bits per heavy atom. The smallest absolute Gasteiger partial charge is 0.279 e. The zero-order valence-corrected chi connectivity index (χ0v) is 11.6. The van der Waals surface area contributed by atoms with Crippen molar-refractivity contribution < 1.29 is 13.2 Å². The Labute approximate surface area is 109 Å². The van der Waals surface area contributed by atoms with Gasteiger partial charge in [0.25, 0.3) is 10.2 Å². The first kappa shape index (κ1) is 14.2. The zero-order chi connectivity index (χ0) is 13.0. The molecule has 0 spiro atoms. The summed E-state index contributed by atoms with van der Waals surface area (Å²) >= 11 is 0. The van der Waals surface area contributed by atoms with Crippen LogP contribution in [0.3, 0.4) is 0 Å². The van der Waals surface area contributed by atoms with Crippen LogP contribution < -0.4 is 10.0 Å². The molecule has 0 bridgehead atoms. The first-order valence-corrected chi connectivity index (χ1v) is 7.76. The summed E-state index contributed by atoms with van der Waals surface area (Å²) in [6, 6.07) is 0.594. The SMILES string of the molecule is COCCNS(=O)(=O)N1CCN(C2CNC2)CC1. The lowest BCUT2D eigenvalue weighted by atomic mass is 10.1. The molecule has 0 aromatic rings. The summed E-state index contributed by atoms with van der Waals surface area (Å²) in [6.45, 7) is 5.54. The number of hydrogen-bond donors (Lipinski definition) is 2. The molecule has 2 aliphatic rings. The van der Waals surface area contributed by atoms with Gasteiger partial charge in [-0.3, -0.25) is 4.90 Å². The number of hydrogen-bond acceptors (Lipinski definition) is 5. The third kappa shape index (κ3) is 3.40. The van der Waals surface area contributed by atoms with Gasteiger partial charge in [0.15, 0.2) is 0 Å². The number of piperazine rings is 1. The van der Waals surface area contributed by atoms with E-state index in [4.69, 9.17) is 4.74 Å². The Balaban J connectivity index is 1.77. The van der Waals surface area contributed by atoms with Crippen LogP contribution >= 0.6 is 0 Å². The minimum Gasteiger partial charge on any atom is -0.383 e. The van der Waals surface area contributed by atoms with Gasteiger partial charge in [0.05, 0.1) is 6.61 Å². The molecular weight excluding hydrogens is 256 g/mol. The third-order valence-electron chi connectivity index (χ3n) is 3.48. The average molecular weight is 278 g/mol. The highest BCUT2D eigenvalue weighted by atomic mass is 32.2. The monoisotopic (exact) mass is 278 g/mol. The fourth-order valence-corrected chi connectivity index (χ4v) is 3.37. The quantitative estimate of drug-likeness (QED) is 0.553. The summed E-state index contributed by atoms with van der Waals surface area (Å²) in [5.41, 5.74) is 0. The fourth-order valence-electron chi connectivity index (χ4n) is 2.20. The number of nitrogens with one attached hydrogen (secondary N) is 2. The van der Waals surface area contributed by atoms with Crippen molar-refractivity contribution in [2.24, 2.45) is 0 Å². The lowest BCUT2D eigenvalue weighted by molar-refractivity contribution is 0.102. The highest BCUT2D eigenvalue weighted by Crippen LogP contribution is 2.11. The molecule has 18 heavy (non-hydrogen) atoms. The van der Waals surface area contributed by atoms with Gasteiger partial charge < -0.3 is 10.1 Å². The number of methoxy groups -OCH3 is 1. The minimum absolute atomic E-state index is 0.325. The lowest BCUT2D eigenvalue weighted by Gasteiger charge is -2.42. The first-order chi connectivity index (χ1) is 8.63. The summed E-state index contributed by atoms with van der Waals surface area (Å²) in [7, 11) is -1.78. The van der Waals surface area contributed by atoms with Crippen molar-refractivity contribution in [1.29, 1.82) is 0 Å². The van der Waals surface area contributed by atoms with Crippen molar-refractivity contribution in [3.05, 3.63) is 0 Å². The zero-order valence-electron chi connectivity index (χ0n) is 10.8. The highest BCUT2D eigenvalue weighted by Gasteiger charge is 2.31. The van der Waals surface area contributed by atoms with Gasteiger partial charge in [0.2, 0.25) is 0 Å². The Morgan fingerprint density at radius 3 is 2.44 bits per heavy atom. The van der Waals surface area contributed by atoms with Gasteiger partial charge in [-0.2, -0.15) is 17.4 Å². The summed E-state index contributed by atoms with van der Waals surface area (Å²) in [4.78, 5) is 2.36. The number of ether oxygens (including phenoxy) is 1. The summed E-state index contributed by atoms with van der Waals surface area (Å²) in [6.07, 6.45) is 0.